The van der Waals surface area contributed by atoms with Gasteiger partial charge in [-0.2, -0.15) is 52.7 Å². The molecule has 4 aromatic rings. The summed E-state index contributed by atoms with van der Waals surface area (Å²) < 4.78 is 186. The zero-order valence-electron chi connectivity index (χ0n) is 33.4. The molecular formula is C41H42F12N4O2P2. The first-order valence-corrected chi connectivity index (χ1v) is 21.1. The zero-order chi connectivity index (χ0) is 45.0. The van der Waals surface area contributed by atoms with Gasteiger partial charge in [0.1, 0.15) is 0 Å². The Morgan fingerprint density at radius 2 is 0.639 bits per heavy atom. The van der Waals surface area contributed by atoms with Gasteiger partial charge in [-0.15, -0.1) is 0 Å². The number of hydrogen-bond acceptors (Lipinski definition) is 6. The molecule has 0 N–H and O–H groups in total. The van der Waals surface area contributed by atoms with Gasteiger partial charge in [-0.25, -0.2) is 18.7 Å². The largest absolute Gasteiger partial charge is 0.416 e. The van der Waals surface area contributed by atoms with E-state index in [1.54, 1.807) is 60.7 Å². The lowest BCUT2D eigenvalue weighted by Crippen LogP contribution is -2.23. The first-order valence-electron chi connectivity index (χ1n) is 18.8. The maximum Gasteiger partial charge on any atom is 0.416 e. The van der Waals surface area contributed by atoms with Gasteiger partial charge in [0.25, 0.3) is 0 Å². The third-order valence-electron chi connectivity index (χ3n) is 10.7. The quantitative estimate of drug-likeness (QED) is 0.116. The van der Waals surface area contributed by atoms with E-state index in [0.29, 0.717) is 0 Å². The Kier molecular flexibility index (Phi) is 13.7. The molecule has 0 aliphatic carbocycles. The van der Waals surface area contributed by atoms with E-state index >= 15 is 0 Å². The molecule has 0 radical (unpaired) electrons. The fourth-order valence-corrected chi connectivity index (χ4v) is 12.2. The summed E-state index contributed by atoms with van der Waals surface area (Å²) in [4.78, 5) is 0. The van der Waals surface area contributed by atoms with E-state index in [0.717, 1.165) is 48.5 Å². The predicted octanol–water partition coefficient (Wildman–Crippen LogP) is 13.4. The van der Waals surface area contributed by atoms with Crippen LogP contribution in [-0.4, -0.2) is 59.1 Å². The van der Waals surface area contributed by atoms with Crippen molar-refractivity contribution in [2.45, 2.75) is 81.3 Å². The number of hydrogen-bond donors (Lipinski definition) is 0. The number of rotatable bonds is 10. The van der Waals surface area contributed by atoms with Gasteiger partial charge in [0, 0.05) is 6.42 Å². The van der Waals surface area contributed by atoms with Crippen LogP contribution in [-0.2, 0) is 33.8 Å². The second-order valence-corrected chi connectivity index (χ2v) is 19.1. The summed E-state index contributed by atoms with van der Waals surface area (Å²) in [6, 6.07) is 15.0. The number of benzene rings is 4. The molecule has 2 heterocycles. The topological polar surface area (TPSA) is 31.4 Å². The lowest BCUT2D eigenvalue weighted by Gasteiger charge is -2.32. The lowest BCUT2D eigenvalue weighted by molar-refractivity contribution is -0.138. The van der Waals surface area contributed by atoms with Crippen LogP contribution < -0.4 is 0 Å². The third kappa shape index (κ3) is 10.2. The van der Waals surface area contributed by atoms with Crippen LogP contribution >= 0.6 is 16.9 Å². The highest BCUT2D eigenvalue weighted by molar-refractivity contribution is 7.48. The van der Waals surface area contributed by atoms with Crippen molar-refractivity contribution in [1.82, 2.24) is 18.7 Å². The average Bonchev–Trinajstić information content (AvgIpc) is 3.56. The molecule has 0 unspecified atom stereocenters. The first-order chi connectivity index (χ1) is 28.3. The first kappa shape index (κ1) is 47.1. The molecule has 4 aromatic carbocycles. The number of halogens is 12. The van der Waals surface area contributed by atoms with Crippen LogP contribution in [0, 0.1) is 0 Å². The summed E-state index contributed by atoms with van der Waals surface area (Å²) in [6.45, 7) is 3.46. The van der Waals surface area contributed by atoms with Gasteiger partial charge >= 0.3 is 24.7 Å². The fraction of sp³-hybridized carbons (Fsp3) is 0.415. The van der Waals surface area contributed by atoms with Crippen molar-refractivity contribution in [2.24, 2.45) is 0 Å². The normalized spacial score (nSPS) is 23.2. The molecule has 2 aliphatic rings. The second-order valence-electron chi connectivity index (χ2n) is 15.1. The second kappa shape index (κ2) is 17.7. The summed E-state index contributed by atoms with van der Waals surface area (Å²) in [5, 5.41) is 0. The summed E-state index contributed by atoms with van der Waals surface area (Å²) in [7, 11) is 2.86. The molecule has 6 rings (SSSR count). The summed E-state index contributed by atoms with van der Waals surface area (Å²) in [6.07, 6.45) is -19.8. The molecule has 6 nitrogen and oxygen atoms in total. The highest BCUT2D eigenvalue weighted by Crippen LogP contribution is 2.65. The Labute approximate surface area is 347 Å². The van der Waals surface area contributed by atoms with Crippen molar-refractivity contribution in [3.63, 3.8) is 0 Å². The molecule has 0 amide bonds. The van der Waals surface area contributed by atoms with E-state index < -0.39 is 100 Å². The lowest BCUT2D eigenvalue weighted by atomic mass is 9.91. The monoisotopic (exact) mass is 912 g/mol. The fourth-order valence-electron chi connectivity index (χ4n) is 8.05. The van der Waals surface area contributed by atoms with Gasteiger partial charge in [-0.3, -0.25) is 0 Å². The van der Waals surface area contributed by atoms with Crippen LogP contribution in [0.15, 0.2) is 97.1 Å². The van der Waals surface area contributed by atoms with E-state index in [1.165, 1.54) is 48.5 Å². The molecule has 2 aliphatic heterocycles. The van der Waals surface area contributed by atoms with Crippen LogP contribution in [0.3, 0.4) is 0 Å². The van der Waals surface area contributed by atoms with E-state index in [1.807, 2.05) is 0 Å². The van der Waals surface area contributed by atoms with E-state index in [2.05, 4.69) is 0 Å². The Morgan fingerprint density at radius 3 is 0.836 bits per heavy atom. The maximum atomic E-state index is 13.9. The van der Waals surface area contributed by atoms with Crippen LogP contribution in [0.1, 0.15) is 88.9 Å². The average molecular weight is 913 g/mol. The van der Waals surface area contributed by atoms with Gasteiger partial charge in [0.05, 0.1) is 58.6 Å². The predicted molar refractivity (Wildman–Crippen MR) is 207 cm³/mol. The molecule has 0 spiro atoms. The van der Waals surface area contributed by atoms with Gasteiger partial charge in [0.2, 0.25) is 0 Å². The van der Waals surface area contributed by atoms with Crippen molar-refractivity contribution >= 4 is 16.9 Å². The molecule has 0 saturated carbocycles. The molecule has 6 atom stereocenters. The van der Waals surface area contributed by atoms with Crippen molar-refractivity contribution < 1.29 is 61.7 Å². The maximum absolute atomic E-state index is 13.9. The summed E-state index contributed by atoms with van der Waals surface area (Å²) >= 11 is 0. The molecule has 0 aromatic heterocycles. The molecule has 0 bridgehead atoms. The number of alkyl halides is 12. The van der Waals surface area contributed by atoms with Gasteiger partial charge in [-0.05, 0) is 113 Å². The zero-order valence-corrected chi connectivity index (χ0v) is 35.2. The molecule has 61 heavy (non-hydrogen) atoms. The third-order valence-corrected chi connectivity index (χ3v) is 15.0. The van der Waals surface area contributed by atoms with Crippen molar-refractivity contribution in [3.8, 4) is 0 Å². The standard InChI is InChI=1S/C41H42F12N4O2P2/c1-24(58-60-54(3)34(26-11-7-15-30(20-26)38(42,43)44)35(55(60)4)27-12-8-16-31(21-27)39(45,46)47)19-25(2)59-61-56(5)36(28-13-9-17-32(22-28)40(48,49)50)37(57(61)6)29-14-10-18-33(23-29)41(51,52)53/h7-18,20-25,34-37H,19H2,1-6H3/t24-,25-,34-,35-,36-,37-/m1/s1. The molecule has 20 heteroatoms. The van der Waals surface area contributed by atoms with E-state index in [9.17, 15) is 52.7 Å². The Hall–Kier alpha value is -3.34. The summed E-state index contributed by atoms with van der Waals surface area (Å²) in [5.74, 6) is 0. The molecular weight excluding hydrogens is 870 g/mol. The van der Waals surface area contributed by atoms with Gasteiger partial charge in [0.15, 0.2) is 16.9 Å². The highest BCUT2D eigenvalue weighted by atomic mass is 31.2. The smallest absolute Gasteiger partial charge is 0.328 e. The van der Waals surface area contributed by atoms with Crippen LogP contribution in [0.2, 0.25) is 0 Å². The molecule has 2 saturated heterocycles. The van der Waals surface area contributed by atoms with Crippen LogP contribution in [0.4, 0.5) is 52.7 Å². The number of likely N-dealkylation sites (N-methyl/N-ethyl adjacent to an activating group) is 4. The number of nitrogens with zero attached hydrogens (tertiary/aromatic N) is 4. The van der Waals surface area contributed by atoms with E-state index in [4.69, 9.17) is 9.05 Å². The van der Waals surface area contributed by atoms with Crippen LogP contribution in [0.25, 0.3) is 0 Å². The van der Waals surface area contributed by atoms with Crippen LogP contribution in [0.5, 0.6) is 0 Å². The van der Waals surface area contributed by atoms with Crippen molar-refractivity contribution in [3.05, 3.63) is 142 Å². The summed E-state index contributed by atoms with van der Waals surface area (Å²) in [5.41, 5.74) is -2.83. The minimum absolute atomic E-state index is 0.200. The minimum atomic E-state index is -4.68. The van der Waals surface area contributed by atoms with E-state index in [-0.39, 0.29) is 28.7 Å². The van der Waals surface area contributed by atoms with Crippen molar-refractivity contribution in [1.29, 1.82) is 0 Å². The minimum Gasteiger partial charge on any atom is -0.328 e. The Morgan fingerprint density at radius 1 is 0.426 bits per heavy atom. The SMILES string of the molecule is C[C@H](C[C@@H](C)OP1N(C)[C@H](c2cccc(C(F)(F)F)c2)[C@@H](c2cccc(C(F)(F)F)c2)N1C)OP1N(C)[C@H](c2cccc(C(F)(F)F)c2)[C@@H](c2cccc(C(F)(F)F)c2)N1C. The Bertz CT molecular complexity index is 1870. The highest BCUT2D eigenvalue weighted by Gasteiger charge is 2.50. The van der Waals surface area contributed by atoms with Gasteiger partial charge in [-0.1, -0.05) is 48.5 Å². The van der Waals surface area contributed by atoms with Crippen molar-refractivity contribution in [2.75, 3.05) is 28.2 Å². The Balaban J connectivity index is 1.26. The molecule has 332 valence electrons. The van der Waals surface area contributed by atoms with Gasteiger partial charge < -0.3 is 9.05 Å². The molecule has 2 fully saturated rings.